The molecule has 2 aromatic carbocycles. The Hall–Kier alpha value is -2.72. The first-order valence-corrected chi connectivity index (χ1v) is 8.21. The Morgan fingerprint density at radius 3 is 2.57 bits per heavy atom. The number of nitrogens with zero attached hydrogens (tertiary/aromatic N) is 2. The fourth-order valence-electron chi connectivity index (χ4n) is 2.54. The Kier molecular flexibility index (Phi) is 3.32. The predicted octanol–water partition coefficient (Wildman–Crippen LogP) is 4.92. The highest BCUT2D eigenvalue weighted by Gasteiger charge is 2.12. The van der Waals surface area contributed by atoms with Crippen LogP contribution in [0.25, 0.3) is 31.9 Å². The smallest absolute Gasteiger partial charge is 0.150 e. The summed E-state index contributed by atoms with van der Waals surface area (Å²) in [5.74, 6) is 0.465. The van der Waals surface area contributed by atoms with E-state index in [-0.39, 0.29) is 0 Å². The van der Waals surface area contributed by atoms with E-state index in [0.717, 1.165) is 21.8 Å². The summed E-state index contributed by atoms with van der Waals surface area (Å²) in [5, 5.41) is 1.20. The average molecular weight is 317 g/mol. The molecule has 0 atom stereocenters. The standard InChI is InChI=1S/C19H15N3S/c1-12-6-8-13(9-7-12)15-11-21-19(20)18(22-15)17-10-14-4-2-3-5-16(14)23-17/h2-11H,1H3,(H2,20,21). The van der Waals surface area contributed by atoms with E-state index >= 15 is 0 Å². The minimum Gasteiger partial charge on any atom is -0.382 e. The van der Waals surface area contributed by atoms with E-state index in [1.807, 2.05) is 12.1 Å². The molecule has 0 radical (unpaired) electrons. The molecule has 2 N–H and O–H groups in total. The Balaban J connectivity index is 1.84. The van der Waals surface area contributed by atoms with Gasteiger partial charge in [-0.3, -0.25) is 0 Å². The van der Waals surface area contributed by atoms with Crippen LogP contribution in [-0.2, 0) is 0 Å². The Morgan fingerprint density at radius 1 is 1.00 bits per heavy atom. The lowest BCUT2D eigenvalue weighted by atomic mass is 10.1. The number of thiophene rings is 1. The van der Waals surface area contributed by atoms with Crippen LogP contribution in [0.4, 0.5) is 5.82 Å². The van der Waals surface area contributed by atoms with Crippen LogP contribution >= 0.6 is 11.3 Å². The normalized spacial score (nSPS) is 11.0. The summed E-state index contributed by atoms with van der Waals surface area (Å²) >= 11 is 1.69. The summed E-state index contributed by atoms with van der Waals surface area (Å²) in [5.41, 5.74) is 9.94. The number of benzene rings is 2. The van der Waals surface area contributed by atoms with Crippen molar-refractivity contribution in [3.8, 4) is 21.8 Å². The molecular weight excluding hydrogens is 302 g/mol. The van der Waals surface area contributed by atoms with Crippen molar-refractivity contribution in [3.05, 3.63) is 66.4 Å². The van der Waals surface area contributed by atoms with Gasteiger partial charge < -0.3 is 5.73 Å². The highest BCUT2D eigenvalue weighted by Crippen LogP contribution is 2.35. The van der Waals surface area contributed by atoms with Gasteiger partial charge in [-0.2, -0.15) is 0 Å². The van der Waals surface area contributed by atoms with Gasteiger partial charge in [-0.05, 0) is 24.4 Å². The fraction of sp³-hybridized carbons (Fsp3) is 0.0526. The van der Waals surface area contributed by atoms with Gasteiger partial charge in [0.15, 0.2) is 5.82 Å². The maximum atomic E-state index is 6.08. The summed E-state index contributed by atoms with van der Waals surface area (Å²) < 4.78 is 1.23. The lowest BCUT2D eigenvalue weighted by Gasteiger charge is -2.06. The fourth-order valence-corrected chi connectivity index (χ4v) is 3.60. The van der Waals surface area contributed by atoms with Gasteiger partial charge in [0.1, 0.15) is 5.69 Å². The number of fused-ring (bicyclic) bond motifs is 1. The Morgan fingerprint density at radius 2 is 1.78 bits per heavy atom. The first-order valence-electron chi connectivity index (χ1n) is 7.39. The molecule has 2 aromatic heterocycles. The van der Waals surface area contributed by atoms with Crippen molar-refractivity contribution in [1.29, 1.82) is 0 Å². The first-order chi connectivity index (χ1) is 11.2. The van der Waals surface area contributed by atoms with Crippen molar-refractivity contribution in [2.24, 2.45) is 0 Å². The van der Waals surface area contributed by atoms with Crippen molar-refractivity contribution in [3.63, 3.8) is 0 Å². The second kappa shape index (κ2) is 5.48. The third-order valence-corrected chi connectivity index (χ3v) is 4.93. The molecule has 0 spiro atoms. The molecule has 4 aromatic rings. The molecular formula is C19H15N3S. The lowest BCUT2D eigenvalue weighted by Crippen LogP contribution is -1.97. The second-order valence-electron chi connectivity index (χ2n) is 5.50. The van der Waals surface area contributed by atoms with Crippen LogP contribution in [0.15, 0.2) is 60.8 Å². The molecule has 3 nitrogen and oxygen atoms in total. The number of hydrogen-bond donors (Lipinski definition) is 1. The third-order valence-electron chi connectivity index (χ3n) is 3.81. The van der Waals surface area contributed by atoms with Crippen molar-refractivity contribution < 1.29 is 0 Å². The summed E-state index contributed by atoms with van der Waals surface area (Å²) in [6, 6.07) is 18.7. The number of nitrogens with two attached hydrogens (primary N) is 1. The SMILES string of the molecule is Cc1ccc(-c2cnc(N)c(-c3cc4ccccc4s3)n2)cc1. The van der Waals surface area contributed by atoms with Gasteiger partial charge in [-0.15, -0.1) is 11.3 Å². The van der Waals surface area contributed by atoms with Gasteiger partial charge in [-0.25, -0.2) is 9.97 Å². The Bertz CT molecular complexity index is 954. The predicted molar refractivity (Wildman–Crippen MR) is 97.4 cm³/mol. The second-order valence-corrected chi connectivity index (χ2v) is 6.59. The lowest BCUT2D eigenvalue weighted by molar-refractivity contribution is 1.22. The zero-order chi connectivity index (χ0) is 15.8. The molecule has 0 amide bonds. The highest BCUT2D eigenvalue weighted by atomic mass is 32.1. The van der Waals surface area contributed by atoms with Crippen molar-refractivity contribution in [1.82, 2.24) is 9.97 Å². The molecule has 0 bridgehead atoms. The number of hydrogen-bond acceptors (Lipinski definition) is 4. The number of anilines is 1. The van der Waals surface area contributed by atoms with Crippen LogP contribution in [0.1, 0.15) is 5.56 Å². The summed E-state index contributed by atoms with van der Waals surface area (Å²) in [6.07, 6.45) is 1.73. The molecule has 0 aliphatic heterocycles. The summed E-state index contributed by atoms with van der Waals surface area (Å²) in [4.78, 5) is 10.2. The summed E-state index contributed by atoms with van der Waals surface area (Å²) in [7, 11) is 0. The summed E-state index contributed by atoms with van der Waals surface area (Å²) in [6.45, 7) is 2.07. The minimum atomic E-state index is 0.465. The molecule has 4 heteroatoms. The number of rotatable bonds is 2. The van der Waals surface area contributed by atoms with E-state index in [0.29, 0.717) is 5.82 Å². The van der Waals surface area contributed by atoms with Crippen LogP contribution < -0.4 is 5.73 Å². The number of aromatic nitrogens is 2. The number of aryl methyl sites for hydroxylation is 1. The quantitative estimate of drug-likeness (QED) is 0.571. The van der Waals surface area contributed by atoms with Crippen LogP contribution in [0.2, 0.25) is 0 Å². The molecule has 0 aliphatic carbocycles. The molecule has 4 rings (SSSR count). The zero-order valence-corrected chi connectivity index (χ0v) is 13.5. The van der Waals surface area contributed by atoms with Gasteiger partial charge in [0.05, 0.1) is 16.8 Å². The van der Waals surface area contributed by atoms with Crippen molar-refractivity contribution in [2.45, 2.75) is 6.92 Å². The molecule has 23 heavy (non-hydrogen) atoms. The van der Waals surface area contributed by atoms with E-state index in [2.05, 4.69) is 54.4 Å². The maximum absolute atomic E-state index is 6.08. The van der Waals surface area contributed by atoms with Gasteiger partial charge in [-0.1, -0.05) is 48.0 Å². The molecule has 0 fully saturated rings. The Labute approximate surface area is 138 Å². The van der Waals surface area contributed by atoms with Crippen LogP contribution in [0.3, 0.4) is 0 Å². The minimum absolute atomic E-state index is 0.465. The van der Waals surface area contributed by atoms with Gasteiger partial charge in [0, 0.05) is 10.3 Å². The molecule has 0 saturated heterocycles. The van der Waals surface area contributed by atoms with Gasteiger partial charge in [0.2, 0.25) is 0 Å². The van der Waals surface area contributed by atoms with E-state index < -0.39 is 0 Å². The molecule has 0 aliphatic rings. The van der Waals surface area contributed by atoms with E-state index in [4.69, 9.17) is 10.7 Å². The highest BCUT2D eigenvalue weighted by molar-refractivity contribution is 7.22. The van der Waals surface area contributed by atoms with E-state index in [1.165, 1.54) is 15.6 Å². The van der Waals surface area contributed by atoms with Crippen LogP contribution in [-0.4, -0.2) is 9.97 Å². The molecule has 0 unspecified atom stereocenters. The van der Waals surface area contributed by atoms with Gasteiger partial charge >= 0.3 is 0 Å². The van der Waals surface area contributed by atoms with E-state index in [1.54, 1.807) is 17.5 Å². The van der Waals surface area contributed by atoms with Crippen LogP contribution in [0.5, 0.6) is 0 Å². The zero-order valence-electron chi connectivity index (χ0n) is 12.7. The monoisotopic (exact) mass is 317 g/mol. The molecule has 112 valence electrons. The topological polar surface area (TPSA) is 51.8 Å². The maximum Gasteiger partial charge on any atom is 0.150 e. The average Bonchev–Trinajstić information content (AvgIpc) is 3.00. The molecule has 0 saturated carbocycles. The largest absolute Gasteiger partial charge is 0.382 e. The molecule has 2 heterocycles. The van der Waals surface area contributed by atoms with Crippen LogP contribution in [0, 0.1) is 6.92 Å². The van der Waals surface area contributed by atoms with Crippen molar-refractivity contribution in [2.75, 3.05) is 5.73 Å². The van der Waals surface area contributed by atoms with Gasteiger partial charge in [0.25, 0.3) is 0 Å². The first kappa shape index (κ1) is 13.9. The third kappa shape index (κ3) is 2.58. The van der Waals surface area contributed by atoms with E-state index in [9.17, 15) is 0 Å². The van der Waals surface area contributed by atoms with Crippen molar-refractivity contribution >= 4 is 27.2 Å². The number of nitrogen functional groups attached to an aromatic ring is 1.